The van der Waals surface area contributed by atoms with Crippen LogP contribution < -0.4 is 4.90 Å². The molecule has 1 aromatic carbocycles. The zero-order valence-electron chi connectivity index (χ0n) is 11.8. The van der Waals surface area contributed by atoms with E-state index in [-0.39, 0.29) is 0 Å². The molecule has 0 spiro atoms. The molecule has 1 fully saturated rings. The minimum absolute atomic E-state index is 0.349. The van der Waals surface area contributed by atoms with Gasteiger partial charge in [-0.05, 0) is 49.7 Å². The summed E-state index contributed by atoms with van der Waals surface area (Å²) < 4.78 is 0. The van der Waals surface area contributed by atoms with Crippen LogP contribution in [0.15, 0.2) is 18.2 Å². The van der Waals surface area contributed by atoms with E-state index in [9.17, 15) is 4.79 Å². The van der Waals surface area contributed by atoms with Gasteiger partial charge in [0.25, 0.3) is 0 Å². The fourth-order valence-corrected chi connectivity index (χ4v) is 3.67. The maximum Gasteiger partial charge on any atom is 0.227 e. The molecule has 0 aromatic heterocycles. The molecule has 102 valence electrons. The van der Waals surface area contributed by atoms with Gasteiger partial charge in [0.1, 0.15) is 0 Å². The van der Waals surface area contributed by atoms with E-state index in [4.69, 9.17) is 0 Å². The predicted molar refractivity (Wildman–Crippen MR) is 78.4 cm³/mol. The lowest BCUT2D eigenvalue weighted by atomic mass is 9.96. The number of para-hydroxylation sites is 1. The molecule has 0 unspecified atom stereocenters. The van der Waals surface area contributed by atoms with Crippen molar-refractivity contribution in [3.63, 3.8) is 0 Å². The van der Waals surface area contributed by atoms with Gasteiger partial charge in [-0.15, -0.1) is 0 Å². The highest BCUT2D eigenvalue weighted by molar-refractivity contribution is 5.95. The summed E-state index contributed by atoms with van der Waals surface area (Å²) in [7, 11) is 0. The molecule has 2 aliphatic rings. The SMILES string of the molecule is Cc1cccc2c1N(C(=O)CC1CCCC1)CCC2. The average molecular weight is 257 g/mol. The second-order valence-corrected chi connectivity index (χ2v) is 6.09. The van der Waals surface area contributed by atoms with Crippen molar-refractivity contribution in [1.29, 1.82) is 0 Å². The van der Waals surface area contributed by atoms with Crippen molar-refractivity contribution in [1.82, 2.24) is 0 Å². The van der Waals surface area contributed by atoms with Crippen molar-refractivity contribution in [2.45, 2.75) is 51.9 Å². The summed E-state index contributed by atoms with van der Waals surface area (Å²) in [5, 5.41) is 0. The molecule has 1 amide bonds. The van der Waals surface area contributed by atoms with Gasteiger partial charge in [-0.1, -0.05) is 31.0 Å². The van der Waals surface area contributed by atoms with Gasteiger partial charge in [-0.25, -0.2) is 0 Å². The van der Waals surface area contributed by atoms with E-state index in [2.05, 4.69) is 30.0 Å². The van der Waals surface area contributed by atoms with Crippen LogP contribution in [-0.4, -0.2) is 12.5 Å². The van der Waals surface area contributed by atoms with Crippen molar-refractivity contribution in [3.05, 3.63) is 29.3 Å². The molecule has 0 N–H and O–H groups in total. The van der Waals surface area contributed by atoms with Crippen molar-refractivity contribution in [2.24, 2.45) is 5.92 Å². The molecule has 2 heteroatoms. The summed E-state index contributed by atoms with van der Waals surface area (Å²) in [6.07, 6.45) is 8.10. The first kappa shape index (κ1) is 12.7. The van der Waals surface area contributed by atoms with Gasteiger partial charge in [-0.3, -0.25) is 4.79 Å². The van der Waals surface area contributed by atoms with E-state index in [1.165, 1.54) is 42.5 Å². The molecule has 3 rings (SSSR count). The Morgan fingerprint density at radius 2 is 2.05 bits per heavy atom. The van der Waals surface area contributed by atoms with Gasteiger partial charge in [0, 0.05) is 18.7 Å². The Balaban J connectivity index is 1.80. The molecule has 0 radical (unpaired) electrons. The van der Waals surface area contributed by atoms with Gasteiger partial charge >= 0.3 is 0 Å². The van der Waals surface area contributed by atoms with Gasteiger partial charge in [0.2, 0.25) is 5.91 Å². The van der Waals surface area contributed by atoms with E-state index in [0.717, 1.165) is 25.8 Å². The highest BCUT2D eigenvalue weighted by Crippen LogP contribution is 2.33. The first-order valence-electron chi connectivity index (χ1n) is 7.64. The highest BCUT2D eigenvalue weighted by atomic mass is 16.2. The number of hydrogen-bond acceptors (Lipinski definition) is 1. The second kappa shape index (κ2) is 5.36. The molecular weight excluding hydrogens is 234 g/mol. The Kier molecular flexibility index (Phi) is 3.58. The minimum atomic E-state index is 0.349. The van der Waals surface area contributed by atoms with Crippen LogP contribution in [0, 0.1) is 12.8 Å². The summed E-state index contributed by atoms with van der Waals surface area (Å²) in [5.41, 5.74) is 3.81. The third-order valence-corrected chi connectivity index (χ3v) is 4.66. The molecule has 1 heterocycles. The van der Waals surface area contributed by atoms with Crippen molar-refractivity contribution in [3.8, 4) is 0 Å². The fourth-order valence-electron chi connectivity index (χ4n) is 3.67. The first-order chi connectivity index (χ1) is 9.25. The largest absolute Gasteiger partial charge is 0.312 e. The van der Waals surface area contributed by atoms with Crippen LogP contribution in [-0.2, 0) is 11.2 Å². The van der Waals surface area contributed by atoms with Gasteiger partial charge in [0.05, 0.1) is 0 Å². The standard InChI is InChI=1S/C17H23NO/c1-13-6-4-9-15-10-5-11-18(17(13)15)16(19)12-14-7-2-3-8-14/h4,6,9,14H,2-3,5,7-8,10-12H2,1H3. The molecule has 2 nitrogen and oxygen atoms in total. The van der Waals surface area contributed by atoms with Crippen LogP contribution >= 0.6 is 0 Å². The number of carbonyl (C=O) groups is 1. The molecule has 1 saturated carbocycles. The zero-order chi connectivity index (χ0) is 13.2. The Bertz CT molecular complexity index is 474. The Labute approximate surface area is 115 Å². The normalized spacial score (nSPS) is 19.5. The fraction of sp³-hybridized carbons (Fsp3) is 0.588. The maximum atomic E-state index is 12.6. The molecule has 1 aliphatic heterocycles. The molecule has 0 bridgehead atoms. The zero-order valence-corrected chi connectivity index (χ0v) is 11.8. The number of hydrogen-bond donors (Lipinski definition) is 0. The van der Waals surface area contributed by atoms with Crippen molar-refractivity contribution in [2.75, 3.05) is 11.4 Å². The lowest BCUT2D eigenvalue weighted by molar-refractivity contribution is -0.119. The lowest BCUT2D eigenvalue weighted by Gasteiger charge is -2.31. The van der Waals surface area contributed by atoms with Crippen LogP contribution in [0.25, 0.3) is 0 Å². The van der Waals surface area contributed by atoms with Crippen LogP contribution in [0.4, 0.5) is 5.69 Å². The summed E-state index contributed by atoms with van der Waals surface area (Å²) >= 11 is 0. The van der Waals surface area contributed by atoms with E-state index >= 15 is 0 Å². The quantitative estimate of drug-likeness (QED) is 0.788. The van der Waals surface area contributed by atoms with Crippen LogP contribution in [0.3, 0.4) is 0 Å². The third kappa shape index (κ3) is 2.54. The van der Waals surface area contributed by atoms with Crippen molar-refractivity contribution >= 4 is 11.6 Å². The number of amides is 1. The Hall–Kier alpha value is -1.31. The van der Waals surface area contributed by atoms with Crippen LogP contribution in [0.1, 0.15) is 49.7 Å². The monoisotopic (exact) mass is 257 g/mol. The van der Waals surface area contributed by atoms with E-state index in [1.807, 2.05) is 0 Å². The Morgan fingerprint density at radius 3 is 2.84 bits per heavy atom. The number of nitrogens with zero attached hydrogens (tertiary/aromatic N) is 1. The summed E-state index contributed by atoms with van der Waals surface area (Å²) in [4.78, 5) is 14.7. The number of anilines is 1. The van der Waals surface area contributed by atoms with Gasteiger partial charge in [0.15, 0.2) is 0 Å². The van der Waals surface area contributed by atoms with E-state index in [0.29, 0.717) is 11.8 Å². The smallest absolute Gasteiger partial charge is 0.227 e. The molecule has 1 aromatic rings. The number of benzene rings is 1. The summed E-state index contributed by atoms with van der Waals surface area (Å²) in [5.74, 6) is 0.990. The highest BCUT2D eigenvalue weighted by Gasteiger charge is 2.27. The first-order valence-corrected chi connectivity index (χ1v) is 7.64. The maximum absolute atomic E-state index is 12.6. The van der Waals surface area contributed by atoms with Gasteiger partial charge < -0.3 is 4.90 Å². The molecule has 0 saturated heterocycles. The predicted octanol–water partition coefficient (Wildman–Crippen LogP) is 3.85. The van der Waals surface area contributed by atoms with Gasteiger partial charge in [-0.2, -0.15) is 0 Å². The number of carbonyl (C=O) groups excluding carboxylic acids is 1. The lowest BCUT2D eigenvalue weighted by Crippen LogP contribution is -2.36. The third-order valence-electron chi connectivity index (χ3n) is 4.66. The van der Waals surface area contributed by atoms with Crippen LogP contribution in [0.2, 0.25) is 0 Å². The van der Waals surface area contributed by atoms with Crippen molar-refractivity contribution < 1.29 is 4.79 Å². The van der Waals surface area contributed by atoms with E-state index < -0.39 is 0 Å². The number of aryl methyl sites for hydroxylation is 2. The van der Waals surface area contributed by atoms with Crippen LogP contribution in [0.5, 0.6) is 0 Å². The summed E-state index contributed by atoms with van der Waals surface area (Å²) in [6, 6.07) is 6.41. The number of rotatable bonds is 2. The molecule has 19 heavy (non-hydrogen) atoms. The topological polar surface area (TPSA) is 20.3 Å². The average Bonchev–Trinajstić information content (AvgIpc) is 2.91. The van der Waals surface area contributed by atoms with E-state index in [1.54, 1.807) is 0 Å². The minimum Gasteiger partial charge on any atom is -0.312 e. The Morgan fingerprint density at radius 1 is 1.26 bits per heavy atom. The summed E-state index contributed by atoms with van der Waals surface area (Å²) in [6.45, 7) is 3.03. The molecular formula is C17H23NO. The second-order valence-electron chi connectivity index (χ2n) is 6.09. The molecule has 1 aliphatic carbocycles. The number of fused-ring (bicyclic) bond motifs is 1. The molecule has 0 atom stereocenters.